The molecular weight excluding hydrogens is 450 g/mol. The maximum atomic E-state index is 12.4. The van der Waals surface area contributed by atoms with Crippen molar-refractivity contribution in [2.45, 2.75) is 33.2 Å². The number of aryl methyl sites for hydroxylation is 1. The average molecular weight is 475 g/mol. The van der Waals surface area contributed by atoms with Crippen molar-refractivity contribution >= 4 is 22.8 Å². The number of nitrogens with one attached hydrogen (secondary N) is 1. The van der Waals surface area contributed by atoms with Crippen LogP contribution in [0.25, 0.3) is 11.0 Å². The Bertz CT molecular complexity index is 1420. The summed E-state index contributed by atoms with van der Waals surface area (Å²) in [6, 6.07) is 15.1. The summed E-state index contributed by atoms with van der Waals surface area (Å²) in [5.41, 5.74) is 1.55. The Morgan fingerprint density at radius 1 is 1.03 bits per heavy atom. The van der Waals surface area contributed by atoms with Gasteiger partial charge in [0.1, 0.15) is 28.4 Å². The summed E-state index contributed by atoms with van der Waals surface area (Å²) >= 11 is 0. The molecule has 1 N–H and O–H groups in total. The number of hydrogen-bond acceptors (Lipinski definition) is 7. The second-order valence-corrected chi connectivity index (χ2v) is 8.35. The van der Waals surface area contributed by atoms with Gasteiger partial charge in [0.15, 0.2) is 6.61 Å². The predicted molar refractivity (Wildman–Crippen MR) is 129 cm³/mol. The van der Waals surface area contributed by atoms with Crippen molar-refractivity contribution in [1.29, 1.82) is 0 Å². The van der Waals surface area contributed by atoms with Crippen LogP contribution in [0.2, 0.25) is 0 Å². The normalized spacial score (nSPS) is 11.0. The summed E-state index contributed by atoms with van der Waals surface area (Å²) in [6.07, 6.45) is 1.49. The van der Waals surface area contributed by atoms with E-state index in [1.165, 1.54) is 24.0 Å². The molecule has 0 atom stereocenters. The number of rotatable bonds is 8. The summed E-state index contributed by atoms with van der Waals surface area (Å²) in [5, 5.41) is 3.11. The second kappa shape index (κ2) is 10.3. The molecule has 1 amide bonds. The van der Waals surface area contributed by atoms with Gasteiger partial charge in [0.2, 0.25) is 0 Å². The molecule has 0 radical (unpaired) electrons. The smallest absolute Gasteiger partial charge is 0.349 e. The molecule has 35 heavy (non-hydrogen) atoms. The lowest BCUT2D eigenvalue weighted by Crippen LogP contribution is -2.27. The maximum absolute atomic E-state index is 12.4. The highest BCUT2D eigenvalue weighted by molar-refractivity contribution is 5.96. The third-order valence-corrected chi connectivity index (χ3v) is 5.41. The number of carbonyl (C=O) groups excluding carboxylic acids is 2. The van der Waals surface area contributed by atoms with Crippen molar-refractivity contribution in [3.8, 4) is 11.5 Å². The SMILES string of the molecule is Cc1cc(OCC(=O)Oc2ccc3cc(C(=O)NCc4ccco4)c(=O)oc3c2)ccc1C(C)C. The first-order chi connectivity index (χ1) is 16.8. The molecule has 0 aliphatic carbocycles. The third kappa shape index (κ3) is 5.78. The molecule has 8 nitrogen and oxygen atoms in total. The number of carbonyl (C=O) groups is 2. The molecule has 0 fully saturated rings. The van der Waals surface area contributed by atoms with Gasteiger partial charge in [-0.3, -0.25) is 4.79 Å². The van der Waals surface area contributed by atoms with Crippen molar-refractivity contribution in [3.63, 3.8) is 0 Å². The molecule has 180 valence electrons. The monoisotopic (exact) mass is 475 g/mol. The number of esters is 1. The lowest BCUT2D eigenvalue weighted by atomic mass is 9.98. The first-order valence-electron chi connectivity index (χ1n) is 11.1. The van der Waals surface area contributed by atoms with Crippen molar-refractivity contribution in [1.82, 2.24) is 5.32 Å². The highest BCUT2D eigenvalue weighted by atomic mass is 16.6. The van der Waals surface area contributed by atoms with Crippen LogP contribution in [0.3, 0.4) is 0 Å². The van der Waals surface area contributed by atoms with E-state index in [1.54, 1.807) is 24.3 Å². The van der Waals surface area contributed by atoms with Crippen molar-refractivity contribution in [3.05, 3.63) is 93.7 Å². The van der Waals surface area contributed by atoms with Gasteiger partial charge >= 0.3 is 11.6 Å². The van der Waals surface area contributed by atoms with Crippen LogP contribution < -0.4 is 20.4 Å². The zero-order valence-electron chi connectivity index (χ0n) is 19.6. The molecule has 2 heterocycles. The summed E-state index contributed by atoms with van der Waals surface area (Å²) in [7, 11) is 0. The minimum absolute atomic E-state index is 0.138. The number of ether oxygens (including phenoxy) is 2. The molecule has 0 bridgehead atoms. The van der Waals surface area contributed by atoms with Gasteiger partial charge in [-0.25, -0.2) is 9.59 Å². The van der Waals surface area contributed by atoms with Gasteiger partial charge in [-0.05, 0) is 66.4 Å². The Kier molecular flexibility index (Phi) is 7.01. The van der Waals surface area contributed by atoms with E-state index in [0.717, 1.165) is 5.56 Å². The topological polar surface area (TPSA) is 108 Å². The van der Waals surface area contributed by atoms with Gasteiger partial charge in [-0.15, -0.1) is 0 Å². The lowest BCUT2D eigenvalue weighted by molar-refractivity contribution is -0.136. The molecule has 0 unspecified atom stereocenters. The number of furan rings is 1. The fourth-order valence-electron chi connectivity index (χ4n) is 3.68. The van der Waals surface area contributed by atoms with Crippen LogP contribution in [0.1, 0.15) is 47.0 Å². The zero-order valence-corrected chi connectivity index (χ0v) is 19.6. The van der Waals surface area contributed by atoms with E-state index in [2.05, 4.69) is 19.2 Å². The number of amides is 1. The summed E-state index contributed by atoms with van der Waals surface area (Å²) in [4.78, 5) is 37.0. The van der Waals surface area contributed by atoms with Crippen LogP contribution in [-0.2, 0) is 11.3 Å². The minimum atomic E-state index is -0.804. The Hall–Kier alpha value is -4.33. The molecule has 2 aromatic carbocycles. The van der Waals surface area contributed by atoms with Crippen LogP contribution in [0, 0.1) is 6.92 Å². The quantitative estimate of drug-likeness (QED) is 0.223. The van der Waals surface area contributed by atoms with Crippen LogP contribution in [0.5, 0.6) is 11.5 Å². The maximum Gasteiger partial charge on any atom is 0.349 e. The molecule has 4 aromatic rings. The Morgan fingerprint density at radius 2 is 1.83 bits per heavy atom. The molecule has 4 rings (SSSR count). The van der Waals surface area contributed by atoms with Gasteiger partial charge in [-0.1, -0.05) is 19.9 Å². The summed E-state index contributed by atoms with van der Waals surface area (Å²) < 4.78 is 21.3. The van der Waals surface area contributed by atoms with Crippen molar-refractivity contribution in [2.75, 3.05) is 6.61 Å². The number of hydrogen-bond donors (Lipinski definition) is 1. The van der Waals surface area contributed by atoms with E-state index < -0.39 is 17.5 Å². The fourth-order valence-corrected chi connectivity index (χ4v) is 3.68. The molecule has 0 aliphatic rings. The predicted octanol–water partition coefficient (Wildman–Crippen LogP) is 4.73. The van der Waals surface area contributed by atoms with E-state index in [1.807, 2.05) is 25.1 Å². The first-order valence-corrected chi connectivity index (χ1v) is 11.1. The fraction of sp³-hybridized carbons (Fsp3) is 0.222. The summed E-state index contributed by atoms with van der Waals surface area (Å²) in [6.45, 7) is 6.09. The molecule has 0 spiro atoms. The first kappa shape index (κ1) is 23.8. The zero-order chi connectivity index (χ0) is 24.9. The van der Waals surface area contributed by atoms with E-state index in [0.29, 0.717) is 22.8 Å². The summed E-state index contributed by atoms with van der Waals surface area (Å²) in [5.74, 6) is 0.533. The van der Waals surface area contributed by atoms with Gasteiger partial charge in [0.05, 0.1) is 12.8 Å². The molecule has 8 heteroatoms. The average Bonchev–Trinajstić information content (AvgIpc) is 3.34. The third-order valence-electron chi connectivity index (χ3n) is 5.41. The van der Waals surface area contributed by atoms with Crippen LogP contribution in [-0.4, -0.2) is 18.5 Å². The molecule has 0 aliphatic heterocycles. The van der Waals surface area contributed by atoms with Gasteiger partial charge < -0.3 is 23.6 Å². The minimum Gasteiger partial charge on any atom is -0.482 e. The molecular formula is C27H25NO7. The van der Waals surface area contributed by atoms with Gasteiger partial charge in [0.25, 0.3) is 5.91 Å². The van der Waals surface area contributed by atoms with E-state index in [4.69, 9.17) is 18.3 Å². The molecule has 0 saturated heterocycles. The van der Waals surface area contributed by atoms with E-state index in [-0.39, 0.29) is 30.0 Å². The van der Waals surface area contributed by atoms with Crippen LogP contribution in [0.15, 0.2) is 74.5 Å². The Labute approximate surface area is 201 Å². The largest absolute Gasteiger partial charge is 0.482 e. The second-order valence-electron chi connectivity index (χ2n) is 8.35. The van der Waals surface area contributed by atoms with E-state index >= 15 is 0 Å². The molecule has 0 saturated carbocycles. The lowest BCUT2D eigenvalue weighted by Gasteiger charge is -2.12. The highest BCUT2D eigenvalue weighted by Crippen LogP contribution is 2.24. The highest BCUT2D eigenvalue weighted by Gasteiger charge is 2.15. The van der Waals surface area contributed by atoms with Gasteiger partial charge in [-0.2, -0.15) is 0 Å². The number of fused-ring (bicyclic) bond motifs is 1. The van der Waals surface area contributed by atoms with Crippen molar-refractivity contribution in [2.24, 2.45) is 0 Å². The Balaban J connectivity index is 1.39. The Morgan fingerprint density at radius 3 is 2.54 bits per heavy atom. The standard InChI is InChI=1S/C27H25NO7/c1-16(2)22-9-8-19(11-17(22)3)33-15-25(29)34-20-7-6-18-12-23(27(31)35-24(18)13-20)26(30)28-14-21-5-4-10-32-21/h4-13,16H,14-15H2,1-3H3,(H,28,30). The number of benzene rings is 2. The van der Waals surface area contributed by atoms with Gasteiger partial charge in [0, 0.05) is 11.5 Å². The van der Waals surface area contributed by atoms with Crippen molar-refractivity contribution < 1.29 is 27.9 Å². The van der Waals surface area contributed by atoms with Crippen LogP contribution >= 0.6 is 0 Å². The van der Waals surface area contributed by atoms with Crippen LogP contribution in [0.4, 0.5) is 0 Å². The van der Waals surface area contributed by atoms with E-state index in [9.17, 15) is 14.4 Å². The molecule has 2 aromatic heterocycles.